The summed E-state index contributed by atoms with van der Waals surface area (Å²) in [5.41, 5.74) is 0.928. The third kappa shape index (κ3) is 5.91. The van der Waals surface area contributed by atoms with Crippen molar-refractivity contribution in [3.05, 3.63) is 59.4 Å². The Bertz CT molecular complexity index is 757. The largest absolute Gasteiger partial charge is 0.337 e. The molecule has 1 aliphatic rings. The van der Waals surface area contributed by atoms with Crippen LogP contribution >= 0.6 is 35.1 Å². The molecule has 6 heteroatoms. The highest BCUT2D eigenvalue weighted by Crippen LogP contribution is 2.39. The summed E-state index contributed by atoms with van der Waals surface area (Å²) in [6.07, 6.45) is 6.69. The molecule has 1 amide bonds. The lowest BCUT2D eigenvalue weighted by molar-refractivity contribution is -0.129. The number of nitrogens with zero attached hydrogens (tertiary/aromatic N) is 2. The van der Waals surface area contributed by atoms with Gasteiger partial charge in [0.25, 0.3) is 0 Å². The Balaban J connectivity index is 1.55. The van der Waals surface area contributed by atoms with Crippen molar-refractivity contribution >= 4 is 41.0 Å². The zero-order chi connectivity index (χ0) is 19.9. The first-order valence-corrected chi connectivity index (χ1v) is 12.1. The molecule has 3 nitrogen and oxygen atoms in total. The molecule has 0 bridgehead atoms. The highest BCUT2D eigenvalue weighted by Gasteiger charge is 2.28. The molecule has 2 aromatic rings. The normalized spacial score (nSPS) is 20.5. The van der Waals surface area contributed by atoms with E-state index in [0.717, 1.165) is 10.7 Å². The van der Waals surface area contributed by atoms with Gasteiger partial charge in [0.15, 0.2) is 0 Å². The van der Waals surface area contributed by atoms with Crippen molar-refractivity contribution in [1.82, 2.24) is 9.88 Å². The summed E-state index contributed by atoms with van der Waals surface area (Å²) >= 11 is 9.76. The van der Waals surface area contributed by atoms with E-state index in [0.29, 0.717) is 16.3 Å². The summed E-state index contributed by atoms with van der Waals surface area (Å²) in [6, 6.07) is 13.9. The van der Waals surface area contributed by atoms with Crippen LogP contribution in [0.15, 0.2) is 53.6 Å². The van der Waals surface area contributed by atoms with Crippen LogP contribution in [-0.2, 0) is 4.79 Å². The molecule has 3 unspecified atom stereocenters. The van der Waals surface area contributed by atoms with Gasteiger partial charge in [-0.1, -0.05) is 30.5 Å². The van der Waals surface area contributed by atoms with Gasteiger partial charge in [0.05, 0.1) is 17.5 Å². The van der Waals surface area contributed by atoms with E-state index in [9.17, 15) is 4.79 Å². The van der Waals surface area contributed by atoms with Crippen LogP contribution in [0, 0.1) is 0 Å². The van der Waals surface area contributed by atoms with E-state index in [1.165, 1.54) is 30.6 Å². The Labute approximate surface area is 181 Å². The zero-order valence-corrected chi connectivity index (χ0v) is 18.8. The molecule has 0 spiro atoms. The number of halogens is 1. The fraction of sp³-hybridized carbons (Fsp3) is 0.455. The van der Waals surface area contributed by atoms with Crippen molar-refractivity contribution in [3.63, 3.8) is 0 Å². The van der Waals surface area contributed by atoms with Gasteiger partial charge in [0.1, 0.15) is 0 Å². The van der Waals surface area contributed by atoms with E-state index in [2.05, 4.69) is 17.1 Å². The first-order valence-electron chi connectivity index (χ1n) is 9.75. The zero-order valence-electron chi connectivity index (χ0n) is 16.4. The lowest BCUT2D eigenvalue weighted by atomic mass is 10.00. The van der Waals surface area contributed by atoms with Crippen LogP contribution < -0.4 is 0 Å². The number of rotatable bonds is 7. The molecular formula is C22H27ClN2OS2. The summed E-state index contributed by atoms with van der Waals surface area (Å²) in [4.78, 5) is 20.2. The maximum Gasteiger partial charge on any atom is 0.232 e. The number of pyridine rings is 1. The van der Waals surface area contributed by atoms with Crippen LogP contribution in [0.25, 0.3) is 0 Å². The van der Waals surface area contributed by atoms with Gasteiger partial charge in [0.2, 0.25) is 5.91 Å². The van der Waals surface area contributed by atoms with E-state index in [1.54, 1.807) is 6.20 Å². The molecule has 1 saturated carbocycles. The Kier molecular flexibility index (Phi) is 8.12. The summed E-state index contributed by atoms with van der Waals surface area (Å²) < 4.78 is 0. The Morgan fingerprint density at radius 2 is 1.89 bits per heavy atom. The molecule has 1 aliphatic carbocycles. The smallest absolute Gasteiger partial charge is 0.232 e. The van der Waals surface area contributed by atoms with Crippen LogP contribution in [0.4, 0.5) is 0 Å². The third-order valence-electron chi connectivity index (χ3n) is 5.25. The van der Waals surface area contributed by atoms with Crippen molar-refractivity contribution in [2.24, 2.45) is 0 Å². The molecule has 3 atom stereocenters. The van der Waals surface area contributed by atoms with Crippen molar-refractivity contribution in [3.8, 4) is 0 Å². The van der Waals surface area contributed by atoms with Crippen LogP contribution in [0.1, 0.15) is 44.3 Å². The van der Waals surface area contributed by atoms with E-state index < -0.39 is 0 Å². The van der Waals surface area contributed by atoms with Crippen molar-refractivity contribution in [2.75, 3.05) is 12.8 Å². The lowest BCUT2D eigenvalue weighted by Gasteiger charge is -2.31. The molecule has 3 rings (SSSR count). The van der Waals surface area contributed by atoms with Gasteiger partial charge >= 0.3 is 0 Å². The monoisotopic (exact) mass is 434 g/mol. The van der Waals surface area contributed by atoms with Crippen LogP contribution in [0.5, 0.6) is 0 Å². The van der Waals surface area contributed by atoms with Crippen molar-refractivity contribution in [2.45, 2.75) is 54.0 Å². The predicted octanol–water partition coefficient (Wildman–Crippen LogP) is 6.09. The third-order valence-corrected chi connectivity index (χ3v) is 8.50. The van der Waals surface area contributed by atoms with E-state index in [-0.39, 0.29) is 11.9 Å². The van der Waals surface area contributed by atoms with Gasteiger partial charge in [0, 0.05) is 33.7 Å². The molecule has 0 aliphatic heterocycles. The number of thioether (sulfide) groups is 2. The Morgan fingerprint density at radius 3 is 2.57 bits per heavy atom. The molecule has 0 saturated heterocycles. The summed E-state index contributed by atoms with van der Waals surface area (Å²) in [6.45, 7) is 2.03. The molecule has 150 valence electrons. The molecule has 1 aromatic carbocycles. The second-order valence-electron chi connectivity index (χ2n) is 7.18. The van der Waals surface area contributed by atoms with Crippen molar-refractivity contribution < 1.29 is 4.79 Å². The molecule has 1 aromatic heterocycles. The number of amides is 1. The van der Waals surface area contributed by atoms with E-state index in [4.69, 9.17) is 11.6 Å². The quantitative estimate of drug-likeness (QED) is 0.527. The highest BCUT2D eigenvalue weighted by atomic mass is 35.5. The van der Waals surface area contributed by atoms with Crippen molar-refractivity contribution in [1.29, 1.82) is 0 Å². The van der Waals surface area contributed by atoms with Gasteiger partial charge in [-0.05, 0) is 56.2 Å². The molecule has 0 N–H and O–H groups in total. The van der Waals surface area contributed by atoms with Crippen LogP contribution in [0.3, 0.4) is 0 Å². The maximum atomic E-state index is 12.8. The number of carbonyl (C=O) groups excluding carboxylic acids is 1. The number of aromatic nitrogens is 1. The average Bonchev–Trinajstić information content (AvgIpc) is 2.74. The van der Waals surface area contributed by atoms with E-state index in [1.807, 2.05) is 72.7 Å². The SMILES string of the molecule is CC(c1ccccn1)N(C)C(=O)CSC1CCCCC1Sc1ccc(Cl)cc1. The number of benzene rings is 1. The molecule has 0 radical (unpaired) electrons. The standard InChI is InChI=1S/C22H27ClN2OS2/c1-16(19-7-5-6-14-24-19)25(2)22(26)15-27-20-8-3-4-9-21(20)28-18-12-10-17(23)11-13-18/h5-7,10-14,16,20-21H,3-4,8-9,15H2,1-2H3. The number of hydrogen-bond donors (Lipinski definition) is 0. The topological polar surface area (TPSA) is 33.2 Å². The molecule has 1 heterocycles. The average molecular weight is 435 g/mol. The second kappa shape index (κ2) is 10.6. The second-order valence-corrected chi connectivity index (χ2v) is 10.2. The number of carbonyl (C=O) groups is 1. The van der Waals surface area contributed by atoms with E-state index >= 15 is 0 Å². The first-order chi connectivity index (χ1) is 13.5. The molecule has 1 fully saturated rings. The van der Waals surface area contributed by atoms with Gasteiger partial charge in [-0.3, -0.25) is 9.78 Å². The summed E-state index contributed by atoms with van der Waals surface area (Å²) in [7, 11) is 1.88. The molecule has 28 heavy (non-hydrogen) atoms. The van der Waals surface area contributed by atoms with Gasteiger partial charge in [-0.25, -0.2) is 0 Å². The Hall–Kier alpha value is -1.17. The summed E-state index contributed by atoms with van der Waals surface area (Å²) in [5.74, 6) is 0.694. The van der Waals surface area contributed by atoms with Crippen LogP contribution in [0.2, 0.25) is 5.02 Å². The van der Waals surface area contributed by atoms with Gasteiger partial charge in [-0.2, -0.15) is 0 Å². The van der Waals surface area contributed by atoms with Gasteiger partial charge in [-0.15, -0.1) is 23.5 Å². The minimum atomic E-state index is -0.0140. The van der Waals surface area contributed by atoms with Crippen LogP contribution in [-0.4, -0.2) is 39.1 Å². The van der Waals surface area contributed by atoms with Gasteiger partial charge < -0.3 is 4.90 Å². The summed E-state index contributed by atoms with van der Waals surface area (Å²) in [5, 5.41) is 1.83. The Morgan fingerprint density at radius 1 is 1.18 bits per heavy atom. The molecular weight excluding hydrogens is 408 g/mol. The fourth-order valence-corrected chi connectivity index (χ4v) is 6.38. The predicted molar refractivity (Wildman–Crippen MR) is 121 cm³/mol. The minimum Gasteiger partial charge on any atom is -0.337 e. The fourth-order valence-electron chi connectivity index (χ4n) is 3.39. The minimum absolute atomic E-state index is 0.0140. The highest BCUT2D eigenvalue weighted by molar-refractivity contribution is 8.04. The maximum absolute atomic E-state index is 12.8. The first kappa shape index (κ1) is 21.5. The lowest BCUT2D eigenvalue weighted by Crippen LogP contribution is -2.33. The number of hydrogen-bond acceptors (Lipinski definition) is 4.